The zero-order valence-corrected chi connectivity index (χ0v) is 11.0. The Kier molecular flexibility index (Phi) is 3.58. The highest BCUT2D eigenvalue weighted by atomic mass is 32.1. The summed E-state index contributed by atoms with van der Waals surface area (Å²) in [4.78, 5) is 9.06. The summed E-state index contributed by atoms with van der Waals surface area (Å²) in [5.74, 6) is 0. The molecule has 1 unspecified atom stereocenters. The Balaban J connectivity index is 2.15. The third kappa shape index (κ3) is 2.26. The Bertz CT molecular complexity index is 436. The SMILES string of the molecule is CC(c1cccs1)N(C)c1ncc(CN)s1. The summed E-state index contributed by atoms with van der Waals surface area (Å²) in [7, 11) is 2.07. The van der Waals surface area contributed by atoms with E-state index in [1.165, 1.54) is 4.88 Å². The maximum absolute atomic E-state index is 5.59. The van der Waals surface area contributed by atoms with E-state index in [2.05, 4.69) is 41.4 Å². The predicted molar refractivity (Wildman–Crippen MR) is 71.1 cm³/mol. The van der Waals surface area contributed by atoms with E-state index >= 15 is 0 Å². The molecule has 1 atom stereocenters. The van der Waals surface area contributed by atoms with Gasteiger partial charge in [0.1, 0.15) is 0 Å². The number of nitrogens with two attached hydrogens (primary N) is 1. The first-order valence-corrected chi connectivity index (χ1v) is 6.83. The van der Waals surface area contributed by atoms with Crippen molar-refractivity contribution in [1.82, 2.24) is 4.98 Å². The molecule has 0 amide bonds. The fourth-order valence-corrected chi connectivity index (χ4v) is 3.10. The normalized spacial score (nSPS) is 12.7. The number of thiazole rings is 1. The van der Waals surface area contributed by atoms with Crippen LogP contribution in [0, 0.1) is 0 Å². The number of hydrogen-bond acceptors (Lipinski definition) is 5. The maximum Gasteiger partial charge on any atom is 0.185 e. The van der Waals surface area contributed by atoms with Crippen LogP contribution in [0.4, 0.5) is 5.13 Å². The number of hydrogen-bond donors (Lipinski definition) is 1. The molecule has 0 spiro atoms. The Morgan fingerprint density at radius 3 is 2.94 bits per heavy atom. The minimum Gasteiger partial charge on any atom is -0.344 e. The summed E-state index contributed by atoms with van der Waals surface area (Å²) < 4.78 is 0. The molecule has 0 bridgehead atoms. The lowest BCUT2D eigenvalue weighted by molar-refractivity contribution is 0.751. The molecular weight excluding hydrogens is 238 g/mol. The molecule has 2 heterocycles. The highest BCUT2D eigenvalue weighted by Gasteiger charge is 2.15. The summed E-state index contributed by atoms with van der Waals surface area (Å²) in [6, 6.07) is 4.60. The Morgan fingerprint density at radius 1 is 1.56 bits per heavy atom. The Morgan fingerprint density at radius 2 is 2.38 bits per heavy atom. The summed E-state index contributed by atoms with van der Waals surface area (Å²) in [6.07, 6.45) is 1.86. The molecule has 86 valence electrons. The van der Waals surface area contributed by atoms with Gasteiger partial charge in [-0.3, -0.25) is 0 Å². The van der Waals surface area contributed by atoms with Crippen molar-refractivity contribution in [3.8, 4) is 0 Å². The zero-order valence-electron chi connectivity index (χ0n) is 9.38. The van der Waals surface area contributed by atoms with Gasteiger partial charge in [-0.15, -0.1) is 22.7 Å². The molecule has 0 aliphatic rings. The van der Waals surface area contributed by atoms with Crippen molar-refractivity contribution in [2.24, 2.45) is 5.73 Å². The topological polar surface area (TPSA) is 42.2 Å². The van der Waals surface area contributed by atoms with Gasteiger partial charge in [-0.05, 0) is 18.4 Å². The van der Waals surface area contributed by atoms with Gasteiger partial charge in [0.2, 0.25) is 0 Å². The minimum absolute atomic E-state index is 0.358. The lowest BCUT2D eigenvalue weighted by Crippen LogP contribution is -2.20. The van der Waals surface area contributed by atoms with E-state index in [-0.39, 0.29) is 0 Å². The first-order valence-electron chi connectivity index (χ1n) is 5.13. The lowest BCUT2D eigenvalue weighted by atomic mass is 10.2. The fraction of sp³-hybridized carbons (Fsp3) is 0.364. The molecule has 3 nitrogen and oxygen atoms in total. The van der Waals surface area contributed by atoms with Crippen molar-refractivity contribution in [2.75, 3.05) is 11.9 Å². The molecule has 0 aromatic carbocycles. The van der Waals surface area contributed by atoms with Crippen LogP contribution in [0.15, 0.2) is 23.7 Å². The van der Waals surface area contributed by atoms with Crippen LogP contribution in [0.25, 0.3) is 0 Å². The zero-order chi connectivity index (χ0) is 11.5. The van der Waals surface area contributed by atoms with Gasteiger partial charge >= 0.3 is 0 Å². The monoisotopic (exact) mass is 253 g/mol. The van der Waals surface area contributed by atoms with Crippen molar-refractivity contribution in [1.29, 1.82) is 0 Å². The van der Waals surface area contributed by atoms with Crippen molar-refractivity contribution >= 4 is 27.8 Å². The minimum atomic E-state index is 0.358. The molecule has 2 aromatic rings. The number of aromatic nitrogens is 1. The summed E-state index contributed by atoms with van der Waals surface area (Å²) in [6.45, 7) is 2.76. The van der Waals surface area contributed by atoms with E-state index in [1.54, 1.807) is 22.7 Å². The second-order valence-corrected chi connectivity index (χ2v) is 5.69. The smallest absolute Gasteiger partial charge is 0.185 e. The standard InChI is InChI=1S/C11H15N3S2/c1-8(10-4-3-5-15-10)14(2)11-13-7-9(6-12)16-11/h3-5,7-8H,6,12H2,1-2H3. The number of nitrogens with zero attached hydrogens (tertiary/aromatic N) is 2. The molecule has 2 aromatic heterocycles. The van der Waals surface area contributed by atoms with E-state index in [0.717, 1.165) is 10.0 Å². The van der Waals surface area contributed by atoms with Crippen LogP contribution >= 0.6 is 22.7 Å². The van der Waals surface area contributed by atoms with E-state index in [1.807, 2.05) is 6.20 Å². The van der Waals surface area contributed by atoms with E-state index in [0.29, 0.717) is 12.6 Å². The summed E-state index contributed by atoms with van der Waals surface area (Å²) in [5.41, 5.74) is 5.59. The van der Waals surface area contributed by atoms with Crippen molar-refractivity contribution in [2.45, 2.75) is 19.5 Å². The predicted octanol–water partition coefficient (Wildman–Crippen LogP) is 2.86. The van der Waals surface area contributed by atoms with Crippen LogP contribution in [0.2, 0.25) is 0 Å². The molecule has 5 heteroatoms. The number of rotatable bonds is 4. The molecule has 16 heavy (non-hydrogen) atoms. The molecule has 2 rings (SSSR count). The Labute approximate surface area is 104 Å². The van der Waals surface area contributed by atoms with Crippen molar-refractivity contribution < 1.29 is 0 Å². The fourth-order valence-electron chi connectivity index (χ4n) is 1.44. The van der Waals surface area contributed by atoms with Crippen LogP contribution in [0.5, 0.6) is 0 Å². The molecule has 0 radical (unpaired) electrons. The highest BCUT2D eigenvalue weighted by molar-refractivity contribution is 7.15. The van der Waals surface area contributed by atoms with Gasteiger partial charge in [0, 0.05) is 29.5 Å². The van der Waals surface area contributed by atoms with E-state index < -0.39 is 0 Å². The van der Waals surface area contributed by atoms with Crippen LogP contribution in [0.3, 0.4) is 0 Å². The molecule has 0 fully saturated rings. The van der Waals surface area contributed by atoms with Gasteiger partial charge in [0.05, 0.1) is 6.04 Å². The van der Waals surface area contributed by atoms with Gasteiger partial charge in [0.25, 0.3) is 0 Å². The van der Waals surface area contributed by atoms with Gasteiger partial charge in [-0.25, -0.2) is 4.98 Å². The highest BCUT2D eigenvalue weighted by Crippen LogP contribution is 2.30. The molecule has 2 N–H and O–H groups in total. The third-order valence-corrected chi connectivity index (χ3v) is 4.73. The maximum atomic E-state index is 5.59. The van der Waals surface area contributed by atoms with Gasteiger partial charge < -0.3 is 10.6 Å². The van der Waals surface area contributed by atoms with Gasteiger partial charge in [0.15, 0.2) is 5.13 Å². The molecule has 0 aliphatic carbocycles. The first kappa shape index (κ1) is 11.6. The third-order valence-electron chi connectivity index (χ3n) is 2.58. The number of thiophene rings is 1. The molecule has 0 saturated heterocycles. The molecule has 0 aliphatic heterocycles. The molecular formula is C11H15N3S2. The van der Waals surface area contributed by atoms with Crippen LogP contribution in [0.1, 0.15) is 22.7 Å². The van der Waals surface area contributed by atoms with Crippen molar-refractivity contribution in [3.63, 3.8) is 0 Å². The second kappa shape index (κ2) is 4.95. The number of anilines is 1. The van der Waals surface area contributed by atoms with Crippen LogP contribution < -0.4 is 10.6 Å². The van der Waals surface area contributed by atoms with Crippen molar-refractivity contribution in [3.05, 3.63) is 33.5 Å². The van der Waals surface area contributed by atoms with Gasteiger partial charge in [-0.1, -0.05) is 6.07 Å². The Hall–Kier alpha value is -0.910. The largest absolute Gasteiger partial charge is 0.344 e. The lowest BCUT2D eigenvalue weighted by Gasteiger charge is -2.23. The summed E-state index contributed by atoms with van der Waals surface area (Å²) in [5, 5.41) is 3.13. The average molecular weight is 253 g/mol. The van der Waals surface area contributed by atoms with Crippen LogP contribution in [-0.2, 0) is 6.54 Å². The van der Waals surface area contributed by atoms with Gasteiger partial charge in [-0.2, -0.15) is 0 Å². The summed E-state index contributed by atoms with van der Waals surface area (Å²) >= 11 is 3.44. The second-order valence-electron chi connectivity index (χ2n) is 3.62. The average Bonchev–Trinajstić information content (AvgIpc) is 2.97. The van der Waals surface area contributed by atoms with E-state index in [9.17, 15) is 0 Å². The van der Waals surface area contributed by atoms with E-state index in [4.69, 9.17) is 5.73 Å². The molecule has 0 saturated carbocycles. The quantitative estimate of drug-likeness (QED) is 0.911. The van der Waals surface area contributed by atoms with Crippen LogP contribution in [-0.4, -0.2) is 12.0 Å². The first-order chi connectivity index (χ1) is 7.72.